The number of rotatable bonds is 2. The van der Waals surface area contributed by atoms with Gasteiger partial charge in [0, 0.05) is 23.3 Å². The van der Waals surface area contributed by atoms with Crippen LogP contribution in [0.1, 0.15) is 16.2 Å². The Morgan fingerprint density at radius 2 is 2.00 bits per heavy atom. The molecule has 0 atom stereocenters. The smallest absolute Gasteiger partial charge is 0.274 e. The summed E-state index contributed by atoms with van der Waals surface area (Å²) < 4.78 is 2.74. The van der Waals surface area contributed by atoms with Gasteiger partial charge in [-0.1, -0.05) is 15.9 Å². The van der Waals surface area contributed by atoms with Crippen molar-refractivity contribution in [3.63, 3.8) is 0 Å². The number of halogens is 1. The van der Waals surface area contributed by atoms with E-state index in [2.05, 4.69) is 21.0 Å². The first-order valence-corrected chi connectivity index (χ1v) is 7.14. The third kappa shape index (κ3) is 2.36. The van der Waals surface area contributed by atoms with Crippen molar-refractivity contribution in [2.45, 2.75) is 13.0 Å². The van der Waals surface area contributed by atoms with Crippen LogP contribution in [0.15, 0.2) is 34.8 Å². The number of aliphatic hydroxyl groups excluding tert-OH is 1. The number of carbonyl (C=O) groups is 1. The van der Waals surface area contributed by atoms with Crippen molar-refractivity contribution in [3.8, 4) is 5.69 Å². The van der Waals surface area contributed by atoms with Crippen LogP contribution in [0, 0.1) is 6.92 Å². The number of hydrogen-bond acceptors (Lipinski definition) is 3. The summed E-state index contributed by atoms with van der Waals surface area (Å²) in [5, 5.41) is 13.6. The molecule has 104 valence electrons. The lowest BCUT2D eigenvalue weighted by molar-refractivity contribution is 0.00547. The molecular formula is C14H14BrN3O2. The fourth-order valence-corrected chi connectivity index (χ4v) is 2.47. The molecule has 0 spiro atoms. The fourth-order valence-electron chi connectivity index (χ4n) is 2.21. The van der Waals surface area contributed by atoms with Crippen LogP contribution in [-0.4, -0.2) is 44.9 Å². The Kier molecular flexibility index (Phi) is 3.35. The Bertz CT molecular complexity index is 645. The van der Waals surface area contributed by atoms with E-state index in [4.69, 9.17) is 0 Å². The van der Waals surface area contributed by atoms with E-state index in [0.29, 0.717) is 18.8 Å². The number of β-amino-alcohol motifs (C(OH)–C–C–N with tert-alkyl or cyclic N) is 1. The number of likely N-dealkylation sites (tertiary alicyclic amines) is 1. The molecule has 1 aliphatic heterocycles. The second kappa shape index (κ2) is 5.03. The number of aliphatic hydroxyl groups is 1. The van der Waals surface area contributed by atoms with E-state index in [-0.39, 0.29) is 5.91 Å². The molecule has 0 unspecified atom stereocenters. The molecule has 3 rings (SSSR count). The molecule has 1 aromatic heterocycles. The summed E-state index contributed by atoms with van der Waals surface area (Å²) in [5.41, 5.74) is 2.22. The predicted molar refractivity (Wildman–Crippen MR) is 77.9 cm³/mol. The van der Waals surface area contributed by atoms with Gasteiger partial charge in [-0.05, 0) is 37.3 Å². The summed E-state index contributed by atoms with van der Waals surface area (Å²) in [4.78, 5) is 13.8. The first kappa shape index (κ1) is 13.3. The highest BCUT2D eigenvalue weighted by Gasteiger charge is 2.31. The van der Waals surface area contributed by atoms with E-state index in [0.717, 1.165) is 15.9 Å². The summed E-state index contributed by atoms with van der Waals surface area (Å²) in [7, 11) is 0. The van der Waals surface area contributed by atoms with E-state index >= 15 is 0 Å². The Labute approximate surface area is 124 Å². The highest BCUT2D eigenvalue weighted by Crippen LogP contribution is 2.18. The Hall–Kier alpha value is -1.66. The fraction of sp³-hybridized carbons (Fsp3) is 0.286. The summed E-state index contributed by atoms with van der Waals surface area (Å²) in [6.07, 6.45) is -0.395. The van der Waals surface area contributed by atoms with Gasteiger partial charge in [0.1, 0.15) is 0 Å². The largest absolute Gasteiger partial charge is 0.389 e. The number of nitrogens with zero attached hydrogens (tertiary/aromatic N) is 3. The van der Waals surface area contributed by atoms with Crippen LogP contribution in [0.4, 0.5) is 0 Å². The van der Waals surface area contributed by atoms with Gasteiger partial charge >= 0.3 is 0 Å². The molecule has 1 fully saturated rings. The first-order chi connectivity index (χ1) is 9.54. The van der Waals surface area contributed by atoms with Gasteiger partial charge in [-0.15, -0.1) is 0 Å². The number of aryl methyl sites for hydroxylation is 1. The molecule has 1 amide bonds. The Morgan fingerprint density at radius 1 is 1.35 bits per heavy atom. The van der Waals surface area contributed by atoms with Gasteiger partial charge in [-0.25, -0.2) is 4.68 Å². The Morgan fingerprint density at radius 3 is 2.60 bits per heavy atom. The van der Waals surface area contributed by atoms with Gasteiger partial charge in [0.2, 0.25) is 0 Å². The number of benzene rings is 1. The van der Waals surface area contributed by atoms with Gasteiger partial charge in [-0.3, -0.25) is 4.79 Å². The van der Waals surface area contributed by atoms with E-state index < -0.39 is 6.10 Å². The van der Waals surface area contributed by atoms with Crippen molar-refractivity contribution in [3.05, 3.63) is 46.2 Å². The maximum absolute atomic E-state index is 12.2. The summed E-state index contributed by atoms with van der Waals surface area (Å²) in [6, 6.07) is 9.51. The minimum Gasteiger partial charge on any atom is -0.389 e. The molecule has 0 aliphatic carbocycles. The van der Waals surface area contributed by atoms with E-state index in [1.165, 1.54) is 0 Å². The zero-order valence-corrected chi connectivity index (χ0v) is 12.5. The SMILES string of the molecule is Cc1cc(C(=O)N2CC(O)C2)nn1-c1ccc(Br)cc1. The maximum atomic E-state index is 12.2. The van der Waals surface area contributed by atoms with Crippen molar-refractivity contribution < 1.29 is 9.90 Å². The zero-order valence-electron chi connectivity index (χ0n) is 11.0. The second-order valence-corrected chi connectivity index (χ2v) is 5.84. The molecule has 0 saturated carbocycles. The summed E-state index contributed by atoms with van der Waals surface area (Å²) in [5.74, 6) is -0.130. The number of carbonyl (C=O) groups excluding carboxylic acids is 1. The molecule has 1 N–H and O–H groups in total. The molecule has 5 nitrogen and oxygen atoms in total. The van der Waals surface area contributed by atoms with Crippen LogP contribution in [0.5, 0.6) is 0 Å². The monoisotopic (exact) mass is 335 g/mol. The molecule has 1 aromatic carbocycles. The first-order valence-electron chi connectivity index (χ1n) is 6.34. The molecule has 20 heavy (non-hydrogen) atoms. The zero-order chi connectivity index (χ0) is 14.3. The normalized spacial score (nSPS) is 15.2. The maximum Gasteiger partial charge on any atom is 0.274 e. The minimum atomic E-state index is -0.395. The molecule has 1 aliphatic rings. The molecule has 0 bridgehead atoms. The minimum absolute atomic E-state index is 0.130. The van der Waals surface area contributed by atoms with Crippen LogP contribution in [0.25, 0.3) is 5.69 Å². The standard InChI is InChI=1S/C14H14BrN3O2/c1-9-6-13(14(20)17-7-12(19)8-17)16-18(9)11-4-2-10(15)3-5-11/h2-6,12,19H,7-8H2,1H3. The predicted octanol–water partition coefficient (Wildman–Crippen LogP) is 1.76. The average Bonchev–Trinajstić information content (AvgIpc) is 2.77. The third-order valence-electron chi connectivity index (χ3n) is 3.33. The van der Waals surface area contributed by atoms with Crippen molar-refractivity contribution >= 4 is 21.8 Å². The van der Waals surface area contributed by atoms with Gasteiger partial charge in [0.05, 0.1) is 11.8 Å². The highest BCUT2D eigenvalue weighted by atomic mass is 79.9. The van der Waals surface area contributed by atoms with E-state index in [9.17, 15) is 9.90 Å². The Balaban J connectivity index is 1.87. The molecule has 1 saturated heterocycles. The van der Waals surface area contributed by atoms with Crippen molar-refractivity contribution in [1.82, 2.24) is 14.7 Å². The van der Waals surface area contributed by atoms with Crippen LogP contribution >= 0.6 is 15.9 Å². The van der Waals surface area contributed by atoms with Gasteiger partial charge < -0.3 is 10.0 Å². The van der Waals surface area contributed by atoms with Crippen molar-refractivity contribution in [1.29, 1.82) is 0 Å². The molecule has 2 heterocycles. The second-order valence-electron chi connectivity index (χ2n) is 4.92. The van der Waals surface area contributed by atoms with Crippen LogP contribution in [-0.2, 0) is 0 Å². The average molecular weight is 336 g/mol. The number of hydrogen-bond donors (Lipinski definition) is 1. The molecule has 0 radical (unpaired) electrons. The van der Waals surface area contributed by atoms with Crippen LogP contribution in [0.2, 0.25) is 0 Å². The number of aromatic nitrogens is 2. The quantitative estimate of drug-likeness (QED) is 0.909. The lowest BCUT2D eigenvalue weighted by Crippen LogP contribution is -2.53. The highest BCUT2D eigenvalue weighted by molar-refractivity contribution is 9.10. The molecule has 2 aromatic rings. The summed E-state index contributed by atoms with van der Waals surface area (Å²) in [6.45, 7) is 2.70. The lowest BCUT2D eigenvalue weighted by Gasteiger charge is -2.35. The lowest BCUT2D eigenvalue weighted by atomic mass is 10.1. The number of amides is 1. The van der Waals surface area contributed by atoms with Crippen molar-refractivity contribution in [2.75, 3.05) is 13.1 Å². The van der Waals surface area contributed by atoms with E-state index in [1.54, 1.807) is 15.6 Å². The van der Waals surface area contributed by atoms with Gasteiger partial charge in [0.25, 0.3) is 5.91 Å². The van der Waals surface area contributed by atoms with Gasteiger partial charge in [-0.2, -0.15) is 5.10 Å². The summed E-state index contributed by atoms with van der Waals surface area (Å²) >= 11 is 3.39. The third-order valence-corrected chi connectivity index (χ3v) is 3.86. The van der Waals surface area contributed by atoms with Crippen LogP contribution in [0.3, 0.4) is 0 Å². The van der Waals surface area contributed by atoms with E-state index in [1.807, 2.05) is 31.2 Å². The molecule has 6 heteroatoms. The van der Waals surface area contributed by atoms with Gasteiger partial charge in [0.15, 0.2) is 5.69 Å². The topological polar surface area (TPSA) is 58.4 Å². The molecular weight excluding hydrogens is 322 g/mol. The van der Waals surface area contributed by atoms with Crippen LogP contribution < -0.4 is 0 Å². The van der Waals surface area contributed by atoms with Crippen molar-refractivity contribution in [2.24, 2.45) is 0 Å².